The highest BCUT2D eigenvalue weighted by molar-refractivity contribution is 5.95. The number of nitrogens with one attached hydrogen (secondary N) is 1. The molecule has 1 aromatic carbocycles. The second-order valence-electron chi connectivity index (χ2n) is 4.47. The average molecular weight is 261 g/mol. The second kappa shape index (κ2) is 3.96. The monoisotopic (exact) mass is 261 g/mol. The number of carbonyl (C=O) groups excluding carboxylic acids is 1. The molecule has 6 heteroatoms. The van der Waals surface area contributed by atoms with Crippen molar-refractivity contribution in [2.24, 2.45) is 0 Å². The fourth-order valence-electron chi connectivity index (χ4n) is 1.71. The number of halogens is 4. The Bertz CT molecular complexity index is 491. The van der Waals surface area contributed by atoms with Crippen LogP contribution in [0.4, 0.5) is 17.6 Å². The minimum Gasteiger partial charge on any atom is -0.338 e. The number of benzene rings is 1. The van der Waals surface area contributed by atoms with Crippen LogP contribution in [-0.2, 0) is 0 Å². The van der Waals surface area contributed by atoms with Gasteiger partial charge in [-0.25, -0.2) is 4.39 Å². The molecule has 0 aliphatic heterocycles. The molecule has 1 fully saturated rings. The third kappa shape index (κ3) is 2.07. The molecule has 1 aliphatic rings. The summed E-state index contributed by atoms with van der Waals surface area (Å²) in [5.41, 5.74) is -2.30. The Kier molecular flexibility index (Phi) is 2.83. The summed E-state index contributed by atoms with van der Waals surface area (Å²) in [6.45, 7) is 1.45. The molecule has 2 rings (SSSR count). The number of aryl methyl sites for hydroxylation is 1. The van der Waals surface area contributed by atoms with Gasteiger partial charge in [-0.1, -0.05) is 12.1 Å². The molecule has 0 spiro atoms. The Morgan fingerprint density at radius 3 is 2.44 bits per heavy atom. The molecule has 1 saturated carbocycles. The number of amides is 1. The molecule has 1 N–H and O–H groups in total. The number of carbonyl (C=O) groups is 1. The van der Waals surface area contributed by atoms with E-state index in [4.69, 9.17) is 0 Å². The van der Waals surface area contributed by atoms with Crippen LogP contribution in [0.1, 0.15) is 28.8 Å². The largest absolute Gasteiger partial charge is 0.411 e. The number of hydrogen-bond donors (Lipinski definition) is 1. The van der Waals surface area contributed by atoms with Gasteiger partial charge in [0, 0.05) is 0 Å². The first-order valence-electron chi connectivity index (χ1n) is 5.41. The highest BCUT2D eigenvalue weighted by Gasteiger charge is 2.64. The lowest BCUT2D eigenvalue weighted by Gasteiger charge is -2.20. The quantitative estimate of drug-likeness (QED) is 0.815. The van der Waals surface area contributed by atoms with Crippen molar-refractivity contribution in [3.8, 4) is 0 Å². The highest BCUT2D eigenvalue weighted by atomic mass is 19.4. The fraction of sp³-hybridized carbons (Fsp3) is 0.417. The number of alkyl halides is 3. The predicted octanol–water partition coefficient (Wildman–Crippen LogP) is 2.96. The number of rotatable bonds is 2. The van der Waals surface area contributed by atoms with E-state index < -0.39 is 23.4 Å². The second-order valence-corrected chi connectivity index (χ2v) is 4.47. The van der Waals surface area contributed by atoms with E-state index in [2.05, 4.69) is 0 Å². The van der Waals surface area contributed by atoms with E-state index in [-0.39, 0.29) is 24.0 Å². The molecule has 0 heterocycles. The molecule has 1 aliphatic carbocycles. The van der Waals surface area contributed by atoms with E-state index in [9.17, 15) is 22.4 Å². The van der Waals surface area contributed by atoms with Gasteiger partial charge < -0.3 is 5.32 Å². The van der Waals surface area contributed by atoms with Crippen molar-refractivity contribution >= 4 is 5.91 Å². The van der Waals surface area contributed by atoms with E-state index in [1.165, 1.54) is 25.1 Å². The van der Waals surface area contributed by atoms with Crippen molar-refractivity contribution in [3.63, 3.8) is 0 Å². The summed E-state index contributed by atoms with van der Waals surface area (Å²) in [7, 11) is 0. The third-order valence-corrected chi connectivity index (χ3v) is 3.08. The van der Waals surface area contributed by atoms with Crippen molar-refractivity contribution in [2.45, 2.75) is 31.5 Å². The summed E-state index contributed by atoms with van der Waals surface area (Å²) in [5.74, 6) is -1.81. The molecule has 0 aromatic heterocycles. The van der Waals surface area contributed by atoms with Gasteiger partial charge in [0.15, 0.2) is 0 Å². The Labute approximate surface area is 101 Å². The van der Waals surface area contributed by atoms with Gasteiger partial charge >= 0.3 is 6.18 Å². The van der Waals surface area contributed by atoms with Gasteiger partial charge in [-0.3, -0.25) is 4.79 Å². The molecule has 0 atom stereocenters. The van der Waals surface area contributed by atoms with Gasteiger partial charge in [0.2, 0.25) is 0 Å². The van der Waals surface area contributed by atoms with Crippen molar-refractivity contribution < 1.29 is 22.4 Å². The maximum atomic E-state index is 13.6. The van der Waals surface area contributed by atoms with Crippen molar-refractivity contribution in [2.75, 3.05) is 0 Å². The molecule has 2 nitrogen and oxygen atoms in total. The summed E-state index contributed by atoms with van der Waals surface area (Å²) >= 11 is 0. The molecule has 0 saturated heterocycles. The van der Waals surface area contributed by atoms with Crippen LogP contribution in [0.5, 0.6) is 0 Å². The first kappa shape index (κ1) is 12.9. The van der Waals surface area contributed by atoms with Crippen LogP contribution in [-0.4, -0.2) is 17.6 Å². The summed E-state index contributed by atoms with van der Waals surface area (Å²) in [4.78, 5) is 11.7. The summed E-state index contributed by atoms with van der Waals surface area (Å²) in [6, 6.07) is 4.05. The van der Waals surface area contributed by atoms with Gasteiger partial charge in [0.25, 0.3) is 5.91 Å². The summed E-state index contributed by atoms with van der Waals surface area (Å²) in [6.07, 6.45) is -4.81. The van der Waals surface area contributed by atoms with E-state index in [0.717, 1.165) is 0 Å². The maximum Gasteiger partial charge on any atom is 0.411 e. The molecular formula is C12H11F4NO. The van der Waals surface area contributed by atoms with E-state index in [0.29, 0.717) is 0 Å². The maximum absolute atomic E-state index is 13.6. The van der Waals surface area contributed by atoms with Crippen molar-refractivity contribution in [1.82, 2.24) is 5.32 Å². The minimum atomic E-state index is -4.50. The zero-order valence-electron chi connectivity index (χ0n) is 9.57. The van der Waals surface area contributed by atoms with Gasteiger partial charge in [-0.15, -0.1) is 0 Å². The Balaban J connectivity index is 2.21. The molecular weight excluding hydrogens is 250 g/mol. The van der Waals surface area contributed by atoms with E-state index >= 15 is 0 Å². The molecule has 18 heavy (non-hydrogen) atoms. The SMILES string of the molecule is Cc1cccc(C(=O)NC2(C(F)(F)F)CC2)c1F. The lowest BCUT2D eigenvalue weighted by molar-refractivity contribution is -0.163. The van der Waals surface area contributed by atoms with Crippen LogP contribution in [0.2, 0.25) is 0 Å². The zero-order valence-corrected chi connectivity index (χ0v) is 9.57. The summed E-state index contributed by atoms with van der Waals surface area (Å²) in [5, 5.41) is 1.89. The Hall–Kier alpha value is -1.59. The first-order valence-corrected chi connectivity index (χ1v) is 5.41. The lowest BCUT2D eigenvalue weighted by Crippen LogP contribution is -2.48. The smallest absolute Gasteiger partial charge is 0.338 e. The topological polar surface area (TPSA) is 29.1 Å². The van der Waals surface area contributed by atoms with Gasteiger partial charge in [-0.05, 0) is 31.4 Å². The van der Waals surface area contributed by atoms with E-state index in [1.54, 1.807) is 0 Å². The van der Waals surface area contributed by atoms with Crippen LogP contribution < -0.4 is 5.32 Å². The van der Waals surface area contributed by atoms with Crippen LogP contribution in [0.3, 0.4) is 0 Å². The van der Waals surface area contributed by atoms with Crippen molar-refractivity contribution in [3.05, 3.63) is 35.1 Å². The standard InChI is InChI=1S/C12H11F4NO/c1-7-3-2-4-8(9(7)13)10(18)17-11(5-6-11)12(14,15)16/h2-4H,5-6H2,1H3,(H,17,18). The Morgan fingerprint density at radius 2 is 1.94 bits per heavy atom. The predicted molar refractivity (Wildman–Crippen MR) is 56.6 cm³/mol. The zero-order chi connectivity index (χ0) is 13.6. The van der Waals surface area contributed by atoms with Crippen LogP contribution in [0.25, 0.3) is 0 Å². The molecule has 1 aromatic rings. The summed E-state index contributed by atoms with van der Waals surface area (Å²) < 4.78 is 51.5. The van der Waals surface area contributed by atoms with E-state index in [1.807, 2.05) is 5.32 Å². The normalized spacial score (nSPS) is 17.4. The first-order chi connectivity index (χ1) is 8.27. The van der Waals surface area contributed by atoms with Gasteiger partial charge in [0.1, 0.15) is 11.4 Å². The molecule has 1 amide bonds. The third-order valence-electron chi connectivity index (χ3n) is 3.08. The van der Waals surface area contributed by atoms with Gasteiger partial charge in [0.05, 0.1) is 5.56 Å². The lowest BCUT2D eigenvalue weighted by atomic mass is 10.1. The van der Waals surface area contributed by atoms with Crippen LogP contribution >= 0.6 is 0 Å². The molecule has 0 unspecified atom stereocenters. The molecule has 98 valence electrons. The Morgan fingerprint density at radius 1 is 1.33 bits per heavy atom. The minimum absolute atomic E-state index is 0.157. The molecule has 0 radical (unpaired) electrons. The van der Waals surface area contributed by atoms with Crippen LogP contribution in [0, 0.1) is 12.7 Å². The number of hydrogen-bond acceptors (Lipinski definition) is 1. The van der Waals surface area contributed by atoms with Gasteiger partial charge in [-0.2, -0.15) is 13.2 Å². The van der Waals surface area contributed by atoms with Crippen LogP contribution in [0.15, 0.2) is 18.2 Å². The average Bonchev–Trinajstić information content (AvgIpc) is 3.02. The van der Waals surface area contributed by atoms with Crippen molar-refractivity contribution in [1.29, 1.82) is 0 Å². The molecule has 0 bridgehead atoms. The highest BCUT2D eigenvalue weighted by Crippen LogP contribution is 2.49. The fourth-order valence-corrected chi connectivity index (χ4v) is 1.71.